The number of ether oxygens (including phenoxy) is 1. The normalized spacial score (nSPS) is 20.2. The molecular weight excluding hydrogens is 333 g/mol. The minimum absolute atomic E-state index is 0.110. The van der Waals surface area contributed by atoms with Crippen LogP contribution in [0.5, 0.6) is 0 Å². The predicted molar refractivity (Wildman–Crippen MR) is 75.6 cm³/mol. The van der Waals surface area contributed by atoms with E-state index in [2.05, 4.69) is 21.1 Å². The second-order valence-electron chi connectivity index (χ2n) is 4.37. The quantitative estimate of drug-likeness (QED) is 0.327. The monoisotopic (exact) mass is 347 g/mol. The Morgan fingerprint density at radius 3 is 3.00 bits per heavy atom. The number of hydrogen-bond donors (Lipinski definition) is 3. The largest absolute Gasteiger partial charge is 0.409 e. The van der Waals surface area contributed by atoms with Crippen molar-refractivity contribution in [2.24, 2.45) is 10.9 Å². The van der Waals surface area contributed by atoms with Gasteiger partial charge in [-0.05, 0) is 28.1 Å². The van der Waals surface area contributed by atoms with E-state index in [1.54, 1.807) is 17.0 Å². The van der Waals surface area contributed by atoms with Crippen molar-refractivity contribution in [1.82, 2.24) is 0 Å². The SMILES string of the molecule is N/C(=N/O)c1ccc(N2CCOC(CO)C2)c(F)c1Br. The van der Waals surface area contributed by atoms with Gasteiger partial charge < -0.3 is 25.7 Å². The smallest absolute Gasteiger partial charge is 0.171 e. The van der Waals surface area contributed by atoms with Gasteiger partial charge in [0.05, 0.1) is 29.5 Å². The minimum Gasteiger partial charge on any atom is -0.409 e. The highest BCUT2D eigenvalue weighted by molar-refractivity contribution is 9.10. The van der Waals surface area contributed by atoms with E-state index in [0.717, 1.165) is 0 Å². The number of aliphatic hydroxyl groups is 1. The molecule has 0 aliphatic carbocycles. The Labute approximate surface area is 123 Å². The Kier molecular flexibility index (Phi) is 4.79. The molecule has 0 bridgehead atoms. The summed E-state index contributed by atoms with van der Waals surface area (Å²) in [6.45, 7) is 1.25. The highest BCUT2D eigenvalue weighted by Gasteiger charge is 2.24. The van der Waals surface area contributed by atoms with Gasteiger partial charge in [0.15, 0.2) is 11.7 Å². The summed E-state index contributed by atoms with van der Waals surface area (Å²) < 4.78 is 19.9. The molecule has 20 heavy (non-hydrogen) atoms. The zero-order valence-electron chi connectivity index (χ0n) is 10.6. The molecule has 2 rings (SSSR count). The van der Waals surface area contributed by atoms with Crippen molar-refractivity contribution < 1.29 is 19.4 Å². The minimum atomic E-state index is -0.493. The molecular formula is C12H15BrFN3O3. The maximum absolute atomic E-state index is 14.4. The molecule has 1 aromatic rings. The van der Waals surface area contributed by atoms with Crippen LogP contribution in [0.25, 0.3) is 0 Å². The molecule has 0 amide bonds. The van der Waals surface area contributed by atoms with Crippen LogP contribution in [-0.4, -0.2) is 48.6 Å². The van der Waals surface area contributed by atoms with E-state index in [1.807, 2.05) is 0 Å². The Hall–Kier alpha value is -1.38. The van der Waals surface area contributed by atoms with Gasteiger partial charge in [-0.1, -0.05) is 5.16 Å². The van der Waals surface area contributed by atoms with Crippen molar-refractivity contribution in [3.05, 3.63) is 28.0 Å². The molecule has 1 aliphatic rings. The van der Waals surface area contributed by atoms with Crippen LogP contribution in [0.1, 0.15) is 5.56 Å². The van der Waals surface area contributed by atoms with Crippen LogP contribution in [0.3, 0.4) is 0 Å². The second kappa shape index (κ2) is 6.38. The van der Waals surface area contributed by atoms with Crippen molar-refractivity contribution in [3.63, 3.8) is 0 Å². The zero-order valence-corrected chi connectivity index (χ0v) is 12.2. The Morgan fingerprint density at radius 1 is 1.60 bits per heavy atom. The first-order chi connectivity index (χ1) is 9.58. The number of hydrogen-bond acceptors (Lipinski definition) is 5. The van der Waals surface area contributed by atoms with Gasteiger partial charge in [-0.15, -0.1) is 0 Å². The fourth-order valence-electron chi connectivity index (χ4n) is 2.08. The van der Waals surface area contributed by atoms with Crippen LogP contribution in [0, 0.1) is 5.82 Å². The highest BCUT2D eigenvalue weighted by atomic mass is 79.9. The molecule has 4 N–H and O–H groups in total. The summed E-state index contributed by atoms with van der Waals surface area (Å²) in [5.41, 5.74) is 6.13. The average molecular weight is 348 g/mol. The molecule has 1 unspecified atom stereocenters. The number of halogens is 2. The molecule has 1 aromatic carbocycles. The summed E-state index contributed by atoms with van der Waals surface area (Å²) in [4.78, 5) is 1.79. The van der Waals surface area contributed by atoms with E-state index in [1.165, 1.54) is 0 Å². The molecule has 6 nitrogen and oxygen atoms in total. The van der Waals surface area contributed by atoms with Gasteiger partial charge in [-0.3, -0.25) is 0 Å². The van der Waals surface area contributed by atoms with Crippen molar-refractivity contribution in [1.29, 1.82) is 0 Å². The molecule has 0 radical (unpaired) electrons. The lowest BCUT2D eigenvalue weighted by Gasteiger charge is -2.34. The van der Waals surface area contributed by atoms with E-state index in [9.17, 15) is 4.39 Å². The summed E-state index contributed by atoms with van der Waals surface area (Å²) in [6.07, 6.45) is -0.328. The van der Waals surface area contributed by atoms with E-state index < -0.39 is 5.82 Å². The molecule has 0 spiro atoms. The molecule has 1 saturated heterocycles. The number of nitrogens with two attached hydrogens (primary N) is 1. The summed E-state index contributed by atoms with van der Waals surface area (Å²) in [5.74, 6) is -0.662. The Morgan fingerprint density at radius 2 is 2.35 bits per heavy atom. The average Bonchev–Trinajstić information content (AvgIpc) is 2.49. The Balaban J connectivity index is 2.32. The molecule has 1 heterocycles. The van der Waals surface area contributed by atoms with Crippen LogP contribution in [0.2, 0.25) is 0 Å². The van der Waals surface area contributed by atoms with Crippen LogP contribution >= 0.6 is 15.9 Å². The number of nitrogens with zero attached hydrogens (tertiary/aromatic N) is 2. The number of anilines is 1. The second-order valence-corrected chi connectivity index (χ2v) is 5.16. The third kappa shape index (κ3) is 2.87. The van der Waals surface area contributed by atoms with Gasteiger partial charge in [-0.2, -0.15) is 0 Å². The van der Waals surface area contributed by atoms with E-state index in [0.29, 0.717) is 25.4 Å². The third-order valence-electron chi connectivity index (χ3n) is 3.13. The topological polar surface area (TPSA) is 91.3 Å². The van der Waals surface area contributed by atoms with Crippen molar-refractivity contribution in [2.45, 2.75) is 6.10 Å². The third-order valence-corrected chi connectivity index (χ3v) is 3.90. The van der Waals surface area contributed by atoms with Crippen LogP contribution in [-0.2, 0) is 4.74 Å². The van der Waals surface area contributed by atoms with Crippen LogP contribution in [0.4, 0.5) is 10.1 Å². The first-order valence-corrected chi connectivity index (χ1v) is 6.81. The zero-order chi connectivity index (χ0) is 14.7. The molecule has 0 saturated carbocycles. The summed E-state index contributed by atoms with van der Waals surface area (Å²) in [5, 5.41) is 20.6. The number of oxime groups is 1. The van der Waals surface area contributed by atoms with E-state index in [-0.39, 0.29) is 28.6 Å². The molecule has 110 valence electrons. The molecule has 1 aliphatic heterocycles. The Bertz CT molecular complexity index is 527. The van der Waals surface area contributed by atoms with Crippen LogP contribution < -0.4 is 10.6 Å². The predicted octanol–water partition coefficient (Wildman–Crippen LogP) is 0.880. The fraction of sp³-hybridized carbons (Fsp3) is 0.417. The lowest BCUT2D eigenvalue weighted by atomic mass is 10.1. The number of morpholine rings is 1. The van der Waals surface area contributed by atoms with Crippen molar-refractivity contribution in [3.8, 4) is 0 Å². The number of rotatable bonds is 3. The van der Waals surface area contributed by atoms with Crippen LogP contribution in [0.15, 0.2) is 21.8 Å². The van der Waals surface area contributed by atoms with Crippen molar-refractivity contribution >= 4 is 27.5 Å². The van der Waals surface area contributed by atoms with Gasteiger partial charge >= 0.3 is 0 Å². The van der Waals surface area contributed by atoms with E-state index >= 15 is 0 Å². The molecule has 0 aromatic heterocycles. The summed E-state index contributed by atoms with van der Waals surface area (Å²) in [7, 11) is 0. The van der Waals surface area contributed by atoms with Gasteiger partial charge in [0, 0.05) is 18.7 Å². The standard InChI is InChI=1S/C12H15BrFN3O3/c13-10-8(12(15)16-19)1-2-9(11(10)14)17-3-4-20-7(5-17)6-18/h1-2,7,18-19H,3-6H2,(H2,15,16). The fourth-order valence-corrected chi connectivity index (χ4v) is 2.62. The van der Waals surface area contributed by atoms with E-state index in [4.69, 9.17) is 20.8 Å². The number of benzene rings is 1. The number of amidine groups is 1. The van der Waals surface area contributed by atoms with Crippen molar-refractivity contribution in [2.75, 3.05) is 31.2 Å². The highest BCUT2D eigenvalue weighted by Crippen LogP contribution is 2.30. The first kappa shape index (κ1) is 15.0. The summed E-state index contributed by atoms with van der Waals surface area (Å²) >= 11 is 3.12. The maximum atomic E-state index is 14.4. The maximum Gasteiger partial charge on any atom is 0.171 e. The van der Waals surface area contributed by atoms with Gasteiger partial charge in [-0.25, -0.2) is 4.39 Å². The lowest BCUT2D eigenvalue weighted by molar-refractivity contribution is 0.00340. The lowest BCUT2D eigenvalue weighted by Crippen LogP contribution is -2.44. The molecule has 1 fully saturated rings. The van der Waals surface area contributed by atoms with Gasteiger partial charge in [0.2, 0.25) is 0 Å². The molecule has 8 heteroatoms. The molecule has 1 atom stereocenters. The van der Waals surface area contributed by atoms with Gasteiger partial charge in [0.25, 0.3) is 0 Å². The first-order valence-electron chi connectivity index (χ1n) is 6.01. The summed E-state index contributed by atoms with van der Waals surface area (Å²) in [6, 6.07) is 3.13. The number of aliphatic hydroxyl groups excluding tert-OH is 1. The van der Waals surface area contributed by atoms with Gasteiger partial charge in [0.1, 0.15) is 0 Å².